The van der Waals surface area contributed by atoms with Gasteiger partial charge < -0.3 is 11.1 Å². The van der Waals surface area contributed by atoms with Crippen LogP contribution in [0.25, 0.3) is 0 Å². The second kappa shape index (κ2) is 8.52. The smallest absolute Gasteiger partial charge is 0.0164 e. The average Bonchev–Trinajstić information content (AvgIpc) is 2.14. The first-order chi connectivity index (χ1) is 6.24. The third-order valence-electron chi connectivity index (χ3n) is 2.42. The van der Waals surface area contributed by atoms with Crippen LogP contribution in [0.1, 0.15) is 52.9 Å². The molecule has 0 rings (SSSR count). The molecule has 0 aromatic carbocycles. The summed E-state index contributed by atoms with van der Waals surface area (Å²) in [5.74, 6) is 0. The van der Waals surface area contributed by atoms with Crippen molar-refractivity contribution in [2.75, 3.05) is 6.54 Å². The van der Waals surface area contributed by atoms with Crippen molar-refractivity contribution in [3.63, 3.8) is 0 Å². The van der Waals surface area contributed by atoms with Gasteiger partial charge in [-0.1, -0.05) is 33.1 Å². The Morgan fingerprint density at radius 3 is 2.31 bits per heavy atom. The molecule has 0 aliphatic rings. The quantitative estimate of drug-likeness (QED) is 0.610. The molecule has 0 aromatic rings. The largest absolute Gasteiger partial charge is 0.329 e. The van der Waals surface area contributed by atoms with Crippen LogP contribution in [0.4, 0.5) is 0 Å². The Morgan fingerprint density at radius 1 is 1.15 bits per heavy atom. The van der Waals surface area contributed by atoms with Crippen molar-refractivity contribution < 1.29 is 0 Å². The van der Waals surface area contributed by atoms with Crippen molar-refractivity contribution in [1.82, 2.24) is 5.32 Å². The molecular formula is C11H26N2. The third kappa shape index (κ3) is 7.03. The average molecular weight is 186 g/mol. The van der Waals surface area contributed by atoms with E-state index >= 15 is 0 Å². The Hall–Kier alpha value is -0.0800. The number of unbranched alkanes of at least 4 members (excludes halogenated alkanes) is 1. The molecule has 2 heteroatoms. The van der Waals surface area contributed by atoms with E-state index in [1.807, 2.05) is 0 Å². The van der Waals surface area contributed by atoms with E-state index in [1.54, 1.807) is 0 Å². The van der Waals surface area contributed by atoms with Crippen LogP contribution in [0, 0.1) is 0 Å². The summed E-state index contributed by atoms with van der Waals surface area (Å²) in [5.41, 5.74) is 5.58. The highest BCUT2D eigenvalue weighted by Gasteiger charge is 2.08. The topological polar surface area (TPSA) is 38.0 Å². The highest BCUT2D eigenvalue weighted by molar-refractivity contribution is 4.71. The van der Waals surface area contributed by atoms with Gasteiger partial charge in [0.05, 0.1) is 0 Å². The van der Waals surface area contributed by atoms with Crippen molar-refractivity contribution in [2.24, 2.45) is 5.73 Å². The van der Waals surface area contributed by atoms with E-state index in [-0.39, 0.29) is 0 Å². The van der Waals surface area contributed by atoms with Crippen molar-refractivity contribution in [2.45, 2.75) is 65.0 Å². The van der Waals surface area contributed by atoms with Crippen LogP contribution >= 0.6 is 0 Å². The predicted molar refractivity (Wildman–Crippen MR) is 59.9 cm³/mol. The van der Waals surface area contributed by atoms with Crippen molar-refractivity contribution in [3.8, 4) is 0 Å². The van der Waals surface area contributed by atoms with E-state index in [2.05, 4.69) is 26.1 Å². The zero-order valence-electron chi connectivity index (χ0n) is 9.47. The molecule has 3 N–H and O–H groups in total. The summed E-state index contributed by atoms with van der Waals surface area (Å²) in [6.45, 7) is 7.39. The minimum absolute atomic E-state index is 0.466. The molecule has 0 amide bonds. The zero-order valence-corrected chi connectivity index (χ0v) is 9.47. The lowest BCUT2D eigenvalue weighted by Gasteiger charge is -2.21. The van der Waals surface area contributed by atoms with Gasteiger partial charge in [-0.3, -0.25) is 0 Å². The van der Waals surface area contributed by atoms with Crippen LogP contribution < -0.4 is 11.1 Å². The highest BCUT2D eigenvalue weighted by Crippen LogP contribution is 2.07. The molecule has 0 aliphatic heterocycles. The Labute approximate surface area is 83.3 Å². The molecule has 80 valence electrons. The van der Waals surface area contributed by atoms with Gasteiger partial charge in [0.2, 0.25) is 0 Å². The molecule has 0 aromatic heterocycles. The second-order valence-electron chi connectivity index (χ2n) is 3.93. The first kappa shape index (κ1) is 12.9. The molecule has 2 atom stereocenters. The molecule has 0 saturated heterocycles. The van der Waals surface area contributed by atoms with Gasteiger partial charge in [0.25, 0.3) is 0 Å². The van der Waals surface area contributed by atoms with E-state index in [0.29, 0.717) is 12.1 Å². The molecule has 0 radical (unpaired) electrons. The van der Waals surface area contributed by atoms with Crippen LogP contribution in [0.3, 0.4) is 0 Å². The molecule has 0 saturated carbocycles. The molecule has 13 heavy (non-hydrogen) atoms. The van der Waals surface area contributed by atoms with Crippen LogP contribution in [-0.2, 0) is 0 Å². The summed E-state index contributed by atoms with van der Waals surface area (Å²) < 4.78 is 0. The van der Waals surface area contributed by atoms with Gasteiger partial charge in [-0.05, 0) is 19.8 Å². The molecule has 0 spiro atoms. The lowest BCUT2D eigenvalue weighted by atomic mass is 10.0. The van der Waals surface area contributed by atoms with Gasteiger partial charge in [0, 0.05) is 18.6 Å². The number of nitrogens with two attached hydrogens (primary N) is 1. The summed E-state index contributed by atoms with van der Waals surface area (Å²) in [5, 5.41) is 3.58. The third-order valence-corrected chi connectivity index (χ3v) is 2.42. The highest BCUT2D eigenvalue weighted by atomic mass is 15.0. The molecule has 0 aliphatic carbocycles. The Morgan fingerprint density at radius 2 is 1.85 bits per heavy atom. The monoisotopic (exact) mass is 186 g/mol. The normalized spacial score (nSPS) is 15.7. The van der Waals surface area contributed by atoms with E-state index in [4.69, 9.17) is 5.73 Å². The van der Waals surface area contributed by atoms with Crippen LogP contribution in [0.5, 0.6) is 0 Å². The van der Waals surface area contributed by atoms with Crippen LogP contribution in [0.15, 0.2) is 0 Å². The van der Waals surface area contributed by atoms with Gasteiger partial charge in [-0.2, -0.15) is 0 Å². The Bertz CT molecular complexity index is 104. The first-order valence-electron chi connectivity index (χ1n) is 5.70. The van der Waals surface area contributed by atoms with E-state index in [9.17, 15) is 0 Å². The molecule has 0 heterocycles. The molecule has 2 nitrogen and oxygen atoms in total. The SMILES string of the molecule is CCCCC(CCC)NC(C)CN. The first-order valence-corrected chi connectivity index (χ1v) is 5.70. The van der Waals surface area contributed by atoms with Crippen molar-refractivity contribution in [1.29, 1.82) is 0 Å². The maximum absolute atomic E-state index is 5.58. The van der Waals surface area contributed by atoms with E-state index in [0.717, 1.165) is 6.54 Å². The van der Waals surface area contributed by atoms with Crippen LogP contribution in [0.2, 0.25) is 0 Å². The molecule has 2 unspecified atom stereocenters. The molecular weight excluding hydrogens is 160 g/mol. The second-order valence-corrected chi connectivity index (χ2v) is 3.93. The number of hydrogen-bond donors (Lipinski definition) is 2. The van der Waals surface area contributed by atoms with Crippen LogP contribution in [-0.4, -0.2) is 18.6 Å². The summed E-state index contributed by atoms with van der Waals surface area (Å²) in [4.78, 5) is 0. The fraction of sp³-hybridized carbons (Fsp3) is 1.00. The minimum atomic E-state index is 0.466. The van der Waals surface area contributed by atoms with E-state index in [1.165, 1.54) is 32.1 Å². The lowest BCUT2D eigenvalue weighted by molar-refractivity contribution is 0.394. The Kier molecular flexibility index (Phi) is 8.46. The number of hydrogen-bond acceptors (Lipinski definition) is 2. The fourth-order valence-corrected chi connectivity index (χ4v) is 1.58. The molecule has 0 fully saturated rings. The maximum atomic E-state index is 5.58. The van der Waals surface area contributed by atoms with Gasteiger partial charge in [0.15, 0.2) is 0 Å². The van der Waals surface area contributed by atoms with Crippen molar-refractivity contribution >= 4 is 0 Å². The van der Waals surface area contributed by atoms with E-state index < -0.39 is 0 Å². The number of nitrogens with one attached hydrogen (secondary N) is 1. The summed E-state index contributed by atoms with van der Waals surface area (Å²) in [6.07, 6.45) is 6.46. The van der Waals surface area contributed by atoms with Gasteiger partial charge in [-0.25, -0.2) is 0 Å². The zero-order chi connectivity index (χ0) is 10.1. The van der Waals surface area contributed by atoms with Gasteiger partial charge in [0.1, 0.15) is 0 Å². The van der Waals surface area contributed by atoms with Gasteiger partial charge in [-0.15, -0.1) is 0 Å². The lowest BCUT2D eigenvalue weighted by Crippen LogP contribution is -2.40. The summed E-state index contributed by atoms with van der Waals surface area (Å²) in [6, 6.07) is 1.15. The predicted octanol–water partition coefficient (Wildman–Crippen LogP) is 2.28. The summed E-state index contributed by atoms with van der Waals surface area (Å²) >= 11 is 0. The van der Waals surface area contributed by atoms with Gasteiger partial charge >= 0.3 is 0 Å². The summed E-state index contributed by atoms with van der Waals surface area (Å²) in [7, 11) is 0. The standard InChI is InChI=1S/C11H26N2/c1-4-6-8-11(7-5-2)13-10(3)9-12/h10-11,13H,4-9,12H2,1-3H3. The minimum Gasteiger partial charge on any atom is -0.329 e. The molecule has 0 bridgehead atoms. The Balaban J connectivity index is 3.65. The maximum Gasteiger partial charge on any atom is 0.0164 e. The number of rotatable bonds is 8. The van der Waals surface area contributed by atoms with Crippen molar-refractivity contribution in [3.05, 3.63) is 0 Å². The fourth-order valence-electron chi connectivity index (χ4n) is 1.58.